The Balaban J connectivity index is 1.56. The van der Waals surface area contributed by atoms with E-state index < -0.39 is 0 Å². The number of rotatable bonds is 7. The van der Waals surface area contributed by atoms with Crippen molar-refractivity contribution in [2.24, 2.45) is 0 Å². The summed E-state index contributed by atoms with van der Waals surface area (Å²) in [6.07, 6.45) is 1.80. The molecule has 3 rings (SSSR count). The molecular weight excluding hydrogens is 374 g/mol. The minimum absolute atomic E-state index is 0.113. The lowest BCUT2D eigenvalue weighted by Gasteiger charge is -2.10. The number of carbonyl (C=O) groups excluding carboxylic acids is 1. The van der Waals surface area contributed by atoms with Crippen LogP contribution in [0.3, 0.4) is 0 Å². The van der Waals surface area contributed by atoms with Gasteiger partial charge >= 0.3 is 0 Å². The number of aryl methyl sites for hydroxylation is 2. The van der Waals surface area contributed by atoms with E-state index in [1.165, 1.54) is 0 Å². The SMILES string of the molecule is CCn1ncc(CNC(=O)c2ccc(COc3cc(C)ccc3Cl)cc2)c1C. The van der Waals surface area contributed by atoms with Crippen LogP contribution in [0.1, 0.15) is 39.7 Å². The molecule has 2 aromatic carbocycles. The van der Waals surface area contributed by atoms with Gasteiger partial charge < -0.3 is 10.1 Å². The summed E-state index contributed by atoms with van der Waals surface area (Å²) in [4.78, 5) is 12.4. The largest absolute Gasteiger partial charge is 0.487 e. The van der Waals surface area contributed by atoms with E-state index in [1.807, 2.05) is 55.8 Å². The molecule has 1 N–H and O–H groups in total. The first-order valence-corrected chi connectivity index (χ1v) is 9.63. The molecule has 0 saturated carbocycles. The first-order valence-electron chi connectivity index (χ1n) is 9.25. The second-order valence-corrected chi connectivity index (χ2v) is 7.08. The summed E-state index contributed by atoms with van der Waals surface area (Å²) in [5.41, 5.74) is 4.76. The molecule has 0 aliphatic carbocycles. The van der Waals surface area contributed by atoms with Crippen LogP contribution in [-0.2, 0) is 19.7 Å². The maximum Gasteiger partial charge on any atom is 0.251 e. The van der Waals surface area contributed by atoms with E-state index >= 15 is 0 Å². The van der Waals surface area contributed by atoms with Crippen molar-refractivity contribution in [1.82, 2.24) is 15.1 Å². The number of benzene rings is 2. The Kier molecular flexibility index (Phi) is 6.37. The summed E-state index contributed by atoms with van der Waals surface area (Å²) in [6.45, 7) is 7.71. The minimum atomic E-state index is -0.113. The maximum atomic E-state index is 12.4. The molecule has 0 saturated heterocycles. The third kappa shape index (κ3) is 4.73. The van der Waals surface area contributed by atoms with Crippen LogP contribution in [0.25, 0.3) is 0 Å². The van der Waals surface area contributed by atoms with E-state index in [2.05, 4.69) is 10.4 Å². The van der Waals surface area contributed by atoms with Crippen molar-refractivity contribution < 1.29 is 9.53 Å². The maximum absolute atomic E-state index is 12.4. The molecule has 146 valence electrons. The van der Waals surface area contributed by atoms with Gasteiger partial charge in [0.1, 0.15) is 12.4 Å². The molecule has 0 aliphatic heterocycles. The molecule has 6 heteroatoms. The van der Waals surface area contributed by atoms with Crippen LogP contribution in [0.5, 0.6) is 5.75 Å². The van der Waals surface area contributed by atoms with Crippen LogP contribution in [0.15, 0.2) is 48.7 Å². The van der Waals surface area contributed by atoms with E-state index in [-0.39, 0.29) is 5.91 Å². The van der Waals surface area contributed by atoms with Gasteiger partial charge in [-0.1, -0.05) is 29.8 Å². The van der Waals surface area contributed by atoms with Crippen molar-refractivity contribution >= 4 is 17.5 Å². The predicted molar refractivity (Wildman–Crippen MR) is 111 cm³/mol. The summed E-state index contributed by atoms with van der Waals surface area (Å²) in [6, 6.07) is 13.1. The molecule has 0 spiro atoms. The third-order valence-corrected chi connectivity index (χ3v) is 4.95. The average Bonchev–Trinajstić information content (AvgIpc) is 3.06. The highest BCUT2D eigenvalue weighted by Crippen LogP contribution is 2.26. The molecule has 0 atom stereocenters. The Labute approximate surface area is 170 Å². The number of aromatic nitrogens is 2. The molecule has 0 bridgehead atoms. The number of halogens is 1. The van der Waals surface area contributed by atoms with E-state index in [0.29, 0.717) is 29.5 Å². The zero-order valence-electron chi connectivity index (χ0n) is 16.3. The summed E-state index contributed by atoms with van der Waals surface area (Å²) < 4.78 is 7.71. The standard InChI is InChI=1S/C22H24ClN3O2/c1-4-26-16(3)19(13-25-26)12-24-22(27)18-8-6-17(7-9-18)14-28-21-11-15(2)5-10-20(21)23/h5-11,13H,4,12,14H2,1-3H3,(H,24,27). The fourth-order valence-corrected chi connectivity index (χ4v) is 3.06. The number of nitrogens with zero attached hydrogens (tertiary/aromatic N) is 2. The van der Waals surface area contributed by atoms with E-state index in [1.54, 1.807) is 18.3 Å². The Morgan fingerprint density at radius 3 is 2.61 bits per heavy atom. The monoisotopic (exact) mass is 397 g/mol. The number of amides is 1. The Morgan fingerprint density at radius 2 is 1.93 bits per heavy atom. The summed E-state index contributed by atoms with van der Waals surface area (Å²) in [7, 11) is 0. The van der Waals surface area contributed by atoms with Gasteiger partial charge in [0.05, 0.1) is 11.2 Å². The first-order chi connectivity index (χ1) is 13.5. The predicted octanol–water partition coefficient (Wildman–Crippen LogP) is 4.68. The molecule has 0 aliphatic rings. The van der Waals surface area contributed by atoms with Gasteiger partial charge in [0, 0.05) is 29.9 Å². The van der Waals surface area contributed by atoms with E-state index in [9.17, 15) is 4.79 Å². The van der Waals surface area contributed by atoms with Crippen molar-refractivity contribution in [2.45, 2.75) is 40.5 Å². The molecule has 1 amide bonds. The highest BCUT2D eigenvalue weighted by atomic mass is 35.5. The van der Waals surface area contributed by atoms with Crippen molar-refractivity contribution in [3.05, 3.63) is 81.6 Å². The lowest BCUT2D eigenvalue weighted by molar-refractivity contribution is 0.0951. The second kappa shape index (κ2) is 8.93. The van der Waals surface area contributed by atoms with Crippen molar-refractivity contribution in [1.29, 1.82) is 0 Å². The van der Waals surface area contributed by atoms with Gasteiger partial charge in [-0.2, -0.15) is 5.10 Å². The van der Waals surface area contributed by atoms with Crippen LogP contribution >= 0.6 is 11.6 Å². The van der Waals surface area contributed by atoms with Crippen LogP contribution in [0, 0.1) is 13.8 Å². The topological polar surface area (TPSA) is 56.2 Å². The van der Waals surface area contributed by atoms with Crippen molar-refractivity contribution in [3.63, 3.8) is 0 Å². The van der Waals surface area contributed by atoms with E-state index in [0.717, 1.165) is 28.9 Å². The highest BCUT2D eigenvalue weighted by molar-refractivity contribution is 6.32. The van der Waals surface area contributed by atoms with Gasteiger partial charge in [0.15, 0.2) is 0 Å². The Morgan fingerprint density at radius 1 is 1.18 bits per heavy atom. The molecule has 0 fully saturated rings. The molecule has 0 radical (unpaired) electrons. The molecule has 1 aromatic heterocycles. The average molecular weight is 398 g/mol. The summed E-state index contributed by atoms with van der Waals surface area (Å²) >= 11 is 6.15. The van der Waals surface area contributed by atoms with E-state index in [4.69, 9.17) is 16.3 Å². The van der Waals surface area contributed by atoms with Gasteiger partial charge in [0.2, 0.25) is 0 Å². The first kappa shape index (κ1) is 20.0. The lowest BCUT2D eigenvalue weighted by Crippen LogP contribution is -2.23. The quantitative estimate of drug-likeness (QED) is 0.629. The molecule has 28 heavy (non-hydrogen) atoms. The molecule has 0 unspecified atom stereocenters. The number of hydrogen-bond acceptors (Lipinski definition) is 3. The number of ether oxygens (including phenoxy) is 1. The highest BCUT2D eigenvalue weighted by Gasteiger charge is 2.09. The normalized spacial score (nSPS) is 10.7. The zero-order valence-corrected chi connectivity index (χ0v) is 17.1. The number of carbonyl (C=O) groups is 1. The van der Waals surface area contributed by atoms with Crippen molar-refractivity contribution in [2.75, 3.05) is 0 Å². The zero-order chi connectivity index (χ0) is 20.1. The number of nitrogens with one attached hydrogen (secondary N) is 1. The van der Waals surface area contributed by atoms with Crippen LogP contribution in [-0.4, -0.2) is 15.7 Å². The summed E-state index contributed by atoms with van der Waals surface area (Å²) in [5.74, 6) is 0.546. The van der Waals surface area contributed by atoms with Gasteiger partial charge in [-0.15, -0.1) is 0 Å². The van der Waals surface area contributed by atoms with Gasteiger partial charge in [-0.05, 0) is 56.2 Å². The van der Waals surface area contributed by atoms with Crippen LogP contribution in [0.4, 0.5) is 0 Å². The molecular formula is C22H24ClN3O2. The second-order valence-electron chi connectivity index (χ2n) is 6.67. The van der Waals surface area contributed by atoms with Gasteiger partial charge in [-0.3, -0.25) is 9.48 Å². The molecule has 5 nitrogen and oxygen atoms in total. The van der Waals surface area contributed by atoms with Gasteiger partial charge in [-0.25, -0.2) is 0 Å². The van der Waals surface area contributed by atoms with Gasteiger partial charge in [0.25, 0.3) is 5.91 Å². The Bertz CT molecular complexity index is 964. The van der Waals surface area contributed by atoms with Crippen LogP contribution in [0.2, 0.25) is 5.02 Å². The smallest absolute Gasteiger partial charge is 0.251 e. The Hall–Kier alpha value is -2.79. The fraction of sp³-hybridized carbons (Fsp3) is 0.273. The van der Waals surface area contributed by atoms with Crippen molar-refractivity contribution in [3.8, 4) is 5.75 Å². The minimum Gasteiger partial charge on any atom is -0.487 e. The number of hydrogen-bond donors (Lipinski definition) is 1. The lowest BCUT2D eigenvalue weighted by atomic mass is 10.1. The molecule has 1 heterocycles. The summed E-state index contributed by atoms with van der Waals surface area (Å²) in [5, 5.41) is 7.83. The fourth-order valence-electron chi connectivity index (χ4n) is 2.89. The third-order valence-electron chi connectivity index (χ3n) is 4.64. The van der Waals surface area contributed by atoms with Crippen LogP contribution < -0.4 is 10.1 Å². The molecule has 3 aromatic rings.